The van der Waals surface area contributed by atoms with Crippen LogP contribution in [0.25, 0.3) is 0 Å². The Balaban J connectivity index is 2.51. The average molecular weight is 299 g/mol. The van der Waals surface area contributed by atoms with Gasteiger partial charge in [0.25, 0.3) is 5.91 Å². The maximum Gasteiger partial charge on any atom is 0.328 e. The molecule has 0 saturated carbocycles. The molecule has 116 valence electrons. The zero-order valence-corrected chi connectivity index (χ0v) is 12.1. The molecule has 1 atom stereocenters. The van der Waals surface area contributed by atoms with Crippen molar-refractivity contribution < 1.29 is 23.1 Å². The summed E-state index contributed by atoms with van der Waals surface area (Å²) in [5.74, 6) is -3.11. The van der Waals surface area contributed by atoms with Crippen molar-refractivity contribution >= 4 is 11.9 Å². The van der Waals surface area contributed by atoms with Crippen LogP contribution in [0.1, 0.15) is 43.5 Å². The van der Waals surface area contributed by atoms with Crippen LogP contribution >= 0.6 is 0 Å². The summed E-state index contributed by atoms with van der Waals surface area (Å²) in [6, 6.07) is 1.72. The predicted molar refractivity (Wildman–Crippen MR) is 73.8 cm³/mol. The van der Waals surface area contributed by atoms with E-state index in [1.54, 1.807) is 0 Å². The van der Waals surface area contributed by atoms with Crippen LogP contribution in [-0.4, -0.2) is 24.5 Å². The molecule has 0 saturated heterocycles. The van der Waals surface area contributed by atoms with Gasteiger partial charge in [0.05, 0.1) is 12.2 Å². The topological polar surface area (TPSA) is 55.4 Å². The second kappa shape index (κ2) is 8.34. The summed E-state index contributed by atoms with van der Waals surface area (Å²) >= 11 is 0. The van der Waals surface area contributed by atoms with E-state index in [9.17, 15) is 18.4 Å². The second-order valence-corrected chi connectivity index (χ2v) is 4.69. The van der Waals surface area contributed by atoms with Crippen molar-refractivity contribution in [2.24, 2.45) is 0 Å². The Labute approximate surface area is 122 Å². The van der Waals surface area contributed by atoms with Gasteiger partial charge in [0.2, 0.25) is 0 Å². The highest BCUT2D eigenvalue weighted by molar-refractivity contribution is 5.96. The first-order chi connectivity index (χ1) is 9.95. The highest BCUT2D eigenvalue weighted by Crippen LogP contribution is 2.09. The molecule has 4 nitrogen and oxygen atoms in total. The van der Waals surface area contributed by atoms with Crippen LogP contribution in [0.5, 0.6) is 0 Å². The summed E-state index contributed by atoms with van der Waals surface area (Å²) in [7, 11) is 0. The quantitative estimate of drug-likeness (QED) is 0.622. The fourth-order valence-corrected chi connectivity index (χ4v) is 1.66. The van der Waals surface area contributed by atoms with E-state index in [0.29, 0.717) is 6.07 Å². The Morgan fingerprint density at radius 3 is 2.62 bits per heavy atom. The summed E-state index contributed by atoms with van der Waals surface area (Å²) < 4.78 is 31.2. The molecular formula is C15H19F2NO3. The van der Waals surface area contributed by atoms with E-state index in [4.69, 9.17) is 4.74 Å². The highest BCUT2D eigenvalue weighted by Gasteiger charge is 2.20. The van der Waals surface area contributed by atoms with Crippen molar-refractivity contribution in [1.29, 1.82) is 0 Å². The molecule has 0 radical (unpaired) electrons. The lowest BCUT2D eigenvalue weighted by Gasteiger charge is -2.13. The number of esters is 1. The molecule has 1 amide bonds. The Hall–Kier alpha value is -1.98. The lowest BCUT2D eigenvalue weighted by atomic mass is 10.2. The first-order valence-electron chi connectivity index (χ1n) is 6.88. The standard InChI is InChI=1S/C15H19F2NO3/c1-3-4-5-8-21-15(20)10(2)18-14(19)12-7-6-11(16)9-13(12)17/h6-7,9-10H,3-5,8H2,1-2H3,(H,18,19). The van der Waals surface area contributed by atoms with E-state index in [2.05, 4.69) is 5.32 Å². The third kappa shape index (κ3) is 5.49. The molecule has 0 aliphatic heterocycles. The maximum absolute atomic E-state index is 13.4. The van der Waals surface area contributed by atoms with Crippen LogP contribution in [0.2, 0.25) is 0 Å². The SMILES string of the molecule is CCCCCOC(=O)C(C)NC(=O)c1ccc(F)cc1F. The molecule has 6 heteroatoms. The number of nitrogens with one attached hydrogen (secondary N) is 1. The van der Waals surface area contributed by atoms with Crippen molar-refractivity contribution in [1.82, 2.24) is 5.32 Å². The summed E-state index contributed by atoms with van der Waals surface area (Å²) in [5.41, 5.74) is -0.318. The van der Waals surface area contributed by atoms with Crippen molar-refractivity contribution in [2.45, 2.75) is 39.2 Å². The van der Waals surface area contributed by atoms with Crippen LogP contribution in [0.15, 0.2) is 18.2 Å². The molecule has 0 bridgehead atoms. The third-order valence-electron chi connectivity index (χ3n) is 2.87. The normalized spacial score (nSPS) is 11.8. The van der Waals surface area contributed by atoms with Crippen molar-refractivity contribution in [2.75, 3.05) is 6.61 Å². The molecule has 0 heterocycles. The zero-order valence-electron chi connectivity index (χ0n) is 12.1. The number of ether oxygens (including phenoxy) is 1. The highest BCUT2D eigenvalue weighted by atomic mass is 19.1. The largest absolute Gasteiger partial charge is 0.464 e. The third-order valence-corrected chi connectivity index (χ3v) is 2.87. The van der Waals surface area contributed by atoms with Gasteiger partial charge in [-0.3, -0.25) is 4.79 Å². The van der Waals surface area contributed by atoms with Gasteiger partial charge in [0, 0.05) is 6.07 Å². The number of rotatable bonds is 7. The van der Waals surface area contributed by atoms with Gasteiger partial charge >= 0.3 is 5.97 Å². The van der Waals surface area contributed by atoms with Gasteiger partial charge in [0.1, 0.15) is 17.7 Å². The molecule has 1 aromatic rings. The van der Waals surface area contributed by atoms with E-state index in [-0.39, 0.29) is 12.2 Å². The second-order valence-electron chi connectivity index (χ2n) is 4.69. The van der Waals surface area contributed by atoms with Gasteiger partial charge in [-0.2, -0.15) is 0 Å². The molecule has 21 heavy (non-hydrogen) atoms. The number of amides is 1. The molecule has 1 aromatic carbocycles. The van der Waals surface area contributed by atoms with Crippen LogP contribution in [0, 0.1) is 11.6 Å². The van der Waals surface area contributed by atoms with Crippen LogP contribution < -0.4 is 5.32 Å². The fraction of sp³-hybridized carbons (Fsp3) is 0.467. The monoisotopic (exact) mass is 299 g/mol. The van der Waals surface area contributed by atoms with Crippen molar-refractivity contribution in [3.8, 4) is 0 Å². The molecule has 1 N–H and O–H groups in total. The molecule has 1 rings (SSSR count). The summed E-state index contributed by atoms with van der Waals surface area (Å²) in [6.45, 7) is 3.77. The minimum absolute atomic E-state index is 0.289. The Kier molecular flexibility index (Phi) is 6.78. The first kappa shape index (κ1) is 17.1. The minimum Gasteiger partial charge on any atom is -0.464 e. The maximum atomic E-state index is 13.4. The van der Waals surface area contributed by atoms with Gasteiger partial charge in [0.15, 0.2) is 0 Å². The predicted octanol–water partition coefficient (Wildman–Crippen LogP) is 2.82. The number of halogens is 2. The molecule has 0 aliphatic carbocycles. The molecule has 0 spiro atoms. The average Bonchev–Trinajstić information content (AvgIpc) is 2.43. The number of unbranched alkanes of at least 4 members (excludes halogenated alkanes) is 2. The van der Waals surface area contributed by atoms with Crippen LogP contribution in [0.4, 0.5) is 8.78 Å². The zero-order chi connectivity index (χ0) is 15.8. The van der Waals surface area contributed by atoms with Crippen molar-refractivity contribution in [3.63, 3.8) is 0 Å². The number of benzene rings is 1. The Bertz CT molecular complexity index is 506. The van der Waals surface area contributed by atoms with Crippen molar-refractivity contribution in [3.05, 3.63) is 35.4 Å². The van der Waals surface area contributed by atoms with E-state index >= 15 is 0 Å². The van der Waals surface area contributed by atoms with E-state index < -0.39 is 29.6 Å². The van der Waals surface area contributed by atoms with Gasteiger partial charge in [-0.15, -0.1) is 0 Å². The first-order valence-corrected chi connectivity index (χ1v) is 6.88. The number of hydrogen-bond acceptors (Lipinski definition) is 3. The Morgan fingerprint density at radius 1 is 1.29 bits per heavy atom. The molecule has 0 aliphatic rings. The number of hydrogen-bond donors (Lipinski definition) is 1. The van der Waals surface area contributed by atoms with E-state index in [1.807, 2.05) is 6.92 Å². The number of carbonyl (C=O) groups is 2. The van der Waals surface area contributed by atoms with Gasteiger partial charge in [-0.05, 0) is 25.5 Å². The lowest BCUT2D eigenvalue weighted by Crippen LogP contribution is -2.40. The van der Waals surface area contributed by atoms with Gasteiger partial charge < -0.3 is 10.1 Å². The summed E-state index contributed by atoms with van der Waals surface area (Å²) in [5, 5.41) is 2.32. The van der Waals surface area contributed by atoms with Crippen LogP contribution in [0.3, 0.4) is 0 Å². The lowest BCUT2D eigenvalue weighted by molar-refractivity contribution is -0.145. The van der Waals surface area contributed by atoms with E-state index in [0.717, 1.165) is 31.4 Å². The van der Waals surface area contributed by atoms with Gasteiger partial charge in [-0.25, -0.2) is 13.6 Å². The van der Waals surface area contributed by atoms with Gasteiger partial charge in [-0.1, -0.05) is 19.8 Å². The minimum atomic E-state index is -0.976. The number of carbonyl (C=O) groups excluding carboxylic acids is 2. The summed E-state index contributed by atoms with van der Waals surface area (Å²) in [6.07, 6.45) is 2.72. The fourth-order valence-electron chi connectivity index (χ4n) is 1.66. The molecule has 0 aromatic heterocycles. The smallest absolute Gasteiger partial charge is 0.328 e. The van der Waals surface area contributed by atoms with Crippen LogP contribution in [-0.2, 0) is 9.53 Å². The molecule has 1 unspecified atom stereocenters. The molecule has 0 fully saturated rings. The summed E-state index contributed by atoms with van der Waals surface area (Å²) in [4.78, 5) is 23.4. The van der Waals surface area contributed by atoms with E-state index in [1.165, 1.54) is 6.92 Å². The molecular weight excluding hydrogens is 280 g/mol. The Morgan fingerprint density at radius 2 is 2.00 bits per heavy atom.